The SMILES string of the molecule is CC(NC1CCc2[nH]ncc2C1)C(C)(C)C(F)F. The monoisotopic (exact) mass is 257 g/mol. The third-order valence-corrected chi connectivity index (χ3v) is 4.18. The van der Waals surface area contributed by atoms with Crippen LogP contribution in [0.5, 0.6) is 0 Å². The second-order valence-corrected chi connectivity index (χ2v) is 5.82. The molecule has 18 heavy (non-hydrogen) atoms. The minimum Gasteiger partial charge on any atom is -0.310 e. The fraction of sp³-hybridized carbons (Fsp3) is 0.769. The molecule has 0 fully saturated rings. The summed E-state index contributed by atoms with van der Waals surface area (Å²) < 4.78 is 25.9. The number of fused-ring (bicyclic) bond motifs is 1. The Bertz CT molecular complexity index is 401. The molecule has 1 aliphatic carbocycles. The normalized spacial score (nSPS) is 22.0. The number of aromatic amines is 1. The molecule has 0 amide bonds. The van der Waals surface area contributed by atoms with Gasteiger partial charge in [-0.3, -0.25) is 5.10 Å². The van der Waals surface area contributed by atoms with Crippen LogP contribution in [-0.4, -0.2) is 28.7 Å². The summed E-state index contributed by atoms with van der Waals surface area (Å²) in [4.78, 5) is 0. The number of halogens is 2. The minimum atomic E-state index is -2.31. The van der Waals surface area contributed by atoms with Crippen LogP contribution in [0.15, 0.2) is 6.20 Å². The van der Waals surface area contributed by atoms with Gasteiger partial charge in [0.25, 0.3) is 0 Å². The Morgan fingerprint density at radius 2 is 2.22 bits per heavy atom. The molecule has 0 bridgehead atoms. The molecule has 1 heterocycles. The van der Waals surface area contributed by atoms with Crippen molar-refractivity contribution in [3.63, 3.8) is 0 Å². The van der Waals surface area contributed by atoms with Crippen LogP contribution in [0.4, 0.5) is 8.78 Å². The topological polar surface area (TPSA) is 40.7 Å². The lowest BCUT2D eigenvalue weighted by Gasteiger charge is -2.35. The highest BCUT2D eigenvalue weighted by atomic mass is 19.3. The van der Waals surface area contributed by atoms with E-state index in [0.29, 0.717) is 0 Å². The van der Waals surface area contributed by atoms with Gasteiger partial charge in [0.1, 0.15) is 0 Å². The second-order valence-electron chi connectivity index (χ2n) is 5.82. The zero-order valence-corrected chi connectivity index (χ0v) is 11.1. The number of rotatable bonds is 4. The number of aromatic nitrogens is 2. The second kappa shape index (κ2) is 4.96. The van der Waals surface area contributed by atoms with E-state index < -0.39 is 11.8 Å². The molecule has 0 saturated heterocycles. The van der Waals surface area contributed by atoms with Gasteiger partial charge in [-0.2, -0.15) is 5.10 Å². The summed E-state index contributed by atoms with van der Waals surface area (Å²) in [7, 11) is 0. The number of aryl methyl sites for hydroxylation is 1. The molecule has 3 nitrogen and oxygen atoms in total. The number of nitrogens with one attached hydrogen (secondary N) is 2. The number of hydrogen-bond donors (Lipinski definition) is 2. The molecule has 0 aliphatic heterocycles. The Hall–Kier alpha value is -0.970. The van der Waals surface area contributed by atoms with Gasteiger partial charge in [0.2, 0.25) is 6.43 Å². The Balaban J connectivity index is 1.96. The first-order valence-corrected chi connectivity index (χ1v) is 6.46. The quantitative estimate of drug-likeness (QED) is 0.870. The summed E-state index contributed by atoms with van der Waals surface area (Å²) in [6, 6.07) is 0.0547. The van der Waals surface area contributed by atoms with Gasteiger partial charge in [-0.1, -0.05) is 13.8 Å². The Kier molecular flexibility index (Phi) is 3.71. The van der Waals surface area contributed by atoms with Gasteiger partial charge >= 0.3 is 0 Å². The number of nitrogens with zero attached hydrogens (tertiary/aromatic N) is 1. The fourth-order valence-electron chi connectivity index (χ4n) is 2.32. The Labute approximate surface area is 106 Å². The maximum atomic E-state index is 13.0. The van der Waals surface area contributed by atoms with Crippen LogP contribution >= 0.6 is 0 Å². The van der Waals surface area contributed by atoms with Gasteiger partial charge < -0.3 is 5.32 Å². The summed E-state index contributed by atoms with van der Waals surface area (Å²) in [5, 5.41) is 10.4. The first-order valence-electron chi connectivity index (χ1n) is 6.46. The average molecular weight is 257 g/mol. The van der Waals surface area contributed by atoms with Crippen molar-refractivity contribution in [3.8, 4) is 0 Å². The van der Waals surface area contributed by atoms with Crippen LogP contribution in [0.25, 0.3) is 0 Å². The van der Waals surface area contributed by atoms with E-state index in [1.807, 2.05) is 13.1 Å². The fourth-order valence-corrected chi connectivity index (χ4v) is 2.32. The lowest BCUT2D eigenvalue weighted by atomic mass is 9.84. The average Bonchev–Trinajstić information content (AvgIpc) is 2.75. The van der Waals surface area contributed by atoms with Crippen LogP contribution in [0.1, 0.15) is 38.4 Å². The standard InChI is InChI=1S/C13H21F2N3/c1-8(13(2,3)12(14)15)17-10-4-5-11-9(6-10)7-16-18-11/h7-8,10,12,17H,4-6H2,1-3H3,(H,16,18). The van der Waals surface area contributed by atoms with Gasteiger partial charge in [-0.25, -0.2) is 8.78 Å². The first kappa shape index (κ1) is 13.5. The van der Waals surface area contributed by atoms with Crippen LogP contribution in [-0.2, 0) is 12.8 Å². The third-order valence-electron chi connectivity index (χ3n) is 4.18. The Morgan fingerprint density at radius 1 is 1.50 bits per heavy atom. The van der Waals surface area contributed by atoms with Gasteiger partial charge in [0.15, 0.2) is 0 Å². The molecule has 1 aliphatic rings. The van der Waals surface area contributed by atoms with Crippen molar-refractivity contribution in [1.29, 1.82) is 0 Å². The van der Waals surface area contributed by atoms with Crippen molar-refractivity contribution in [2.45, 2.75) is 58.5 Å². The van der Waals surface area contributed by atoms with Gasteiger partial charge in [0.05, 0.1) is 6.20 Å². The van der Waals surface area contributed by atoms with Crippen LogP contribution < -0.4 is 5.32 Å². The third kappa shape index (κ3) is 2.55. The predicted octanol–water partition coefficient (Wildman–Crippen LogP) is 2.54. The van der Waals surface area contributed by atoms with E-state index in [1.54, 1.807) is 13.8 Å². The van der Waals surface area contributed by atoms with E-state index in [2.05, 4.69) is 15.5 Å². The van der Waals surface area contributed by atoms with E-state index in [-0.39, 0.29) is 12.1 Å². The van der Waals surface area contributed by atoms with Gasteiger partial charge in [-0.15, -0.1) is 0 Å². The van der Waals surface area contributed by atoms with E-state index in [0.717, 1.165) is 19.3 Å². The molecule has 2 rings (SSSR count). The van der Waals surface area contributed by atoms with Crippen LogP contribution in [0, 0.1) is 5.41 Å². The van der Waals surface area contributed by atoms with Crippen molar-refractivity contribution in [1.82, 2.24) is 15.5 Å². The lowest BCUT2D eigenvalue weighted by molar-refractivity contribution is -0.00515. The smallest absolute Gasteiger partial charge is 0.245 e. The number of hydrogen-bond acceptors (Lipinski definition) is 2. The van der Waals surface area contributed by atoms with Crippen molar-refractivity contribution < 1.29 is 8.78 Å². The molecule has 0 saturated carbocycles. The summed E-state index contributed by atoms with van der Waals surface area (Å²) in [6.07, 6.45) is 2.31. The van der Waals surface area contributed by atoms with E-state index in [4.69, 9.17) is 0 Å². The van der Waals surface area contributed by atoms with Crippen molar-refractivity contribution in [3.05, 3.63) is 17.5 Å². The maximum absolute atomic E-state index is 13.0. The molecule has 2 N–H and O–H groups in total. The molecule has 1 aromatic heterocycles. The molecular weight excluding hydrogens is 236 g/mol. The molecule has 1 aromatic rings. The number of alkyl halides is 2. The lowest BCUT2D eigenvalue weighted by Crippen LogP contribution is -2.49. The van der Waals surface area contributed by atoms with Gasteiger partial charge in [0, 0.05) is 23.2 Å². The predicted molar refractivity (Wildman–Crippen MR) is 66.8 cm³/mol. The minimum absolute atomic E-state index is 0.212. The zero-order valence-electron chi connectivity index (χ0n) is 11.1. The van der Waals surface area contributed by atoms with E-state index in [1.165, 1.54) is 11.3 Å². The molecule has 5 heteroatoms. The molecule has 2 unspecified atom stereocenters. The highest BCUT2D eigenvalue weighted by Crippen LogP contribution is 2.30. The summed E-state index contributed by atoms with van der Waals surface area (Å²) in [5.41, 5.74) is 1.39. The van der Waals surface area contributed by atoms with Crippen molar-refractivity contribution >= 4 is 0 Å². The molecule has 0 radical (unpaired) electrons. The molecule has 0 spiro atoms. The van der Waals surface area contributed by atoms with Crippen molar-refractivity contribution in [2.75, 3.05) is 0 Å². The zero-order chi connectivity index (χ0) is 13.3. The maximum Gasteiger partial charge on any atom is 0.245 e. The van der Waals surface area contributed by atoms with Gasteiger partial charge in [-0.05, 0) is 31.7 Å². The highest BCUT2D eigenvalue weighted by Gasteiger charge is 2.36. The molecule has 2 atom stereocenters. The highest BCUT2D eigenvalue weighted by molar-refractivity contribution is 5.21. The van der Waals surface area contributed by atoms with Crippen LogP contribution in [0.2, 0.25) is 0 Å². The van der Waals surface area contributed by atoms with Crippen LogP contribution in [0.3, 0.4) is 0 Å². The largest absolute Gasteiger partial charge is 0.310 e. The summed E-state index contributed by atoms with van der Waals surface area (Å²) in [5.74, 6) is 0. The molecular formula is C13H21F2N3. The van der Waals surface area contributed by atoms with E-state index in [9.17, 15) is 8.78 Å². The molecule has 102 valence electrons. The van der Waals surface area contributed by atoms with E-state index >= 15 is 0 Å². The molecule has 0 aromatic carbocycles. The summed E-state index contributed by atoms with van der Waals surface area (Å²) >= 11 is 0. The number of H-pyrrole nitrogens is 1. The van der Waals surface area contributed by atoms with Crippen molar-refractivity contribution in [2.24, 2.45) is 5.41 Å². The first-order chi connectivity index (χ1) is 8.41. The summed E-state index contributed by atoms with van der Waals surface area (Å²) in [6.45, 7) is 5.07. The Morgan fingerprint density at radius 3 is 2.89 bits per heavy atom.